The Hall–Kier alpha value is -0.830. The molecule has 1 heterocycles. The van der Waals surface area contributed by atoms with E-state index in [-0.39, 0.29) is 12.0 Å². The van der Waals surface area contributed by atoms with E-state index in [1.807, 2.05) is 13.8 Å². The normalized spacial score (nSPS) is 11.4. The van der Waals surface area contributed by atoms with E-state index in [1.165, 1.54) is 0 Å². The van der Waals surface area contributed by atoms with Crippen LogP contribution in [0.25, 0.3) is 0 Å². The molecule has 0 aromatic carbocycles. The second-order valence-electron chi connectivity index (χ2n) is 4.28. The van der Waals surface area contributed by atoms with Gasteiger partial charge in [0.25, 0.3) is 0 Å². The molecule has 4 heteroatoms. The van der Waals surface area contributed by atoms with Crippen molar-refractivity contribution in [3.05, 3.63) is 16.4 Å². The van der Waals surface area contributed by atoms with Gasteiger partial charge in [0.05, 0.1) is 17.3 Å². The summed E-state index contributed by atoms with van der Waals surface area (Å²) in [4.78, 5) is 11.0. The number of aldehydes is 1. The molecule has 0 bridgehead atoms. The first-order valence-corrected chi connectivity index (χ1v) is 6.17. The van der Waals surface area contributed by atoms with E-state index >= 15 is 0 Å². The molecule has 0 aliphatic carbocycles. The van der Waals surface area contributed by atoms with Gasteiger partial charge in [-0.15, -0.1) is 0 Å². The van der Waals surface area contributed by atoms with Crippen molar-refractivity contribution in [2.24, 2.45) is 0 Å². The van der Waals surface area contributed by atoms with Crippen LogP contribution in [0.15, 0.2) is 0 Å². The van der Waals surface area contributed by atoms with Crippen molar-refractivity contribution >= 4 is 17.9 Å². The summed E-state index contributed by atoms with van der Waals surface area (Å²) in [6.07, 6.45) is 2.74. The number of nitrogens with zero attached hydrogens (tertiary/aromatic N) is 2. The van der Waals surface area contributed by atoms with Gasteiger partial charge in [-0.3, -0.25) is 4.79 Å². The van der Waals surface area contributed by atoms with Crippen LogP contribution in [-0.2, 0) is 0 Å². The Morgan fingerprint density at radius 2 is 1.94 bits per heavy atom. The predicted octanol–water partition coefficient (Wildman–Crippen LogP) is 3.83. The summed E-state index contributed by atoms with van der Waals surface area (Å²) in [5.41, 5.74) is 1.34. The Labute approximate surface area is 102 Å². The number of rotatable bonds is 5. The quantitative estimate of drug-likeness (QED) is 0.736. The first-order valence-electron chi connectivity index (χ1n) is 5.79. The van der Waals surface area contributed by atoms with E-state index in [4.69, 9.17) is 11.6 Å². The van der Waals surface area contributed by atoms with Crippen LogP contribution >= 0.6 is 11.6 Å². The molecule has 1 rings (SSSR count). The van der Waals surface area contributed by atoms with Crippen LogP contribution in [0.2, 0.25) is 5.15 Å². The summed E-state index contributed by atoms with van der Waals surface area (Å²) in [6.45, 7) is 8.23. The van der Waals surface area contributed by atoms with Gasteiger partial charge in [-0.05, 0) is 18.8 Å². The highest BCUT2D eigenvalue weighted by Gasteiger charge is 2.21. The molecule has 0 radical (unpaired) electrons. The van der Waals surface area contributed by atoms with Gasteiger partial charge in [0.15, 0.2) is 6.29 Å². The van der Waals surface area contributed by atoms with Crippen LogP contribution in [0.4, 0.5) is 0 Å². The Balaban J connectivity index is 3.26. The van der Waals surface area contributed by atoms with Gasteiger partial charge in [-0.25, -0.2) is 4.68 Å². The molecule has 90 valence electrons. The van der Waals surface area contributed by atoms with E-state index in [1.54, 1.807) is 4.68 Å². The molecular weight excluding hydrogens is 224 g/mol. The first kappa shape index (κ1) is 13.2. The van der Waals surface area contributed by atoms with Gasteiger partial charge in [0, 0.05) is 0 Å². The van der Waals surface area contributed by atoms with E-state index in [0.717, 1.165) is 24.8 Å². The van der Waals surface area contributed by atoms with Crippen molar-refractivity contribution in [2.75, 3.05) is 0 Å². The number of carbonyl (C=O) groups is 1. The Kier molecular flexibility index (Phi) is 4.54. The van der Waals surface area contributed by atoms with Crippen LogP contribution < -0.4 is 0 Å². The van der Waals surface area contributed by atoms with Gasteiger partial charge in [0.2, 0.25) is 0 Å². The fourth-order valence-corrected chi connectivity index (χ4v) is 2.17. The van der Waals surface area contributed by atoms with Crippen molar-refractivity contribution < 1.29 is 4.79 Å². The number of carbonyl (C=O) groups excluding carboxylic acids is 1. The molecule has 0 atom stereocenters. The van der Waals surface area contributed by atoms with Crippen molar-refractivity contribution in [3.63, 3.8) is 0 Å². The maximum atomic E-state index is 11.0. The lowest BCUT2D eigenvalue weighted by molar-refractivity contribution is 0.112. The largest absolute Gasteiger partial charge is 0.298 e. The zero-order valence-electron chi connectivity index (χ0n) is 10.3. The minimum absolute atomic E-state index is 0.216. The molecule has 0 saturated heterocycles. The topological polar surface area (TPSA) is 34.9 Å². The third kappa shape index (κ3) is 2.29. The van der Waals surface area contributed by atoms with Gasteiger partial charge >= 0.3 is 0 Å². The lowest BCUT2D eigenvalue weighted by Gasteiger charge is -2.14. The summed E-state index contributed by atoms with van der Waals surface area (Å²) in [5.74, 6) is 0.216. The van der Waals surface area contributed by atoms with Crippen molar-refractivity contribution in [3.8, 4) is 0 Å². The molecule has 3 nitrogen and oxygen atoms in total. The van der Waals surface area contributed by atoms with E-state index in [0.29, 0.717) is 10.7 Å². The minimum atomic E-state index is 0.216. The van der Waals surface area contributed by atoms with Gasteiger partial charge in [-0.1, -0.05) is 39.3 Å². The van der Waals surface area contributed by atoms with Crippen LogP contribution in [0, 0.1) is 0 Å². The minimum Gasteiger partial charge on any atom is -0.298 e. The molecule has 0 aliphatic rings. The van der Waals surface area contributed by atoms with Crippen molar-refractivity contribution in [1.29, 1.82) is 0 Å². The number of hydrogen-bond acceptors (Lipinski definition) is 2. The highest BCUT2D eigenvalue weighted by atomic mass is 35.5. The molecule has 0 amide bonds. The molecule has 0 fully saturated rings. The first-order chi connectivity index (χ1) is 7.56. The summed E-state index contributed by atoms with van der Waals surface area (Å²) < 4.78 is 1.79. The highest BCUT2D eigenvalue weighted by molar-refractivity contribution is 6.32. The molecule has 1 aromatic heterocycles. The average Bonchev–Trinajstić information content (AvgIpc) is 2.58. The number of aromatic nitrogens is 2. The lowest BCUT2D eigenvalue weighted by atomic mass is 10.1. The van der Waals surface area contributed by atoms with E-state index in [9.17, 15) is 4.79 Å². The predicted molar refractivity (Wildman–Crippen MR) is 66.3 cm³/mol. The van der Waals surface area contributed by atoms with Crippen LogP contribution in [0.5, 0.6) is 0 Å². The second kappa shape index (κ2) is 5.48. The van der Waals surface area contributed by atoms with Crippen LogP contribution in [0.3, 0.4) is 0 Å². The molecule has 1 aromatic rings. The van der Waals surface area contributed by atoms with Crippen molar-refractivity contribution in [2.45, 2.75) is 52.5 Å². The number of halogens is 1. The third-order valence-corrected chi connectivity index (χ3v) is 3.24. The standard InChI is InChI=1S/C12H19ClN2O/c1-5-9(6-2)15-12(13)10(7-16)11(14-15)8(3)4/h7-9H,5-6H2,1-4H3. The van der Waals surface area contributed by atoms with E-state index < -0.39 is 0 Å². The summed E-state index contributed by atoms with van der Waals surface area (Å²) >= 11 is 6.20. The van der Waals surface area contributed by atoms with Crippen LogP contribution in [-0.4, -0.2) is 16.1 Å². The molecule has 0 aliphatic heterocycles. The maximum Gasteiger partial charge on any atom is 0.155 e. The summed E-state index contributed by atoms with van der Waals surface area (Å²) in [7, 11) is 0. The molecule has 0 unspecified atom stereocenters. The van der Waals surface area contributed by atoms with Crippen LogP contribution in [0.1, 0.15) is 68.5 Å². The van der Waals surface area contributed by atoms with Crippen molar-refractivity contribution in [1.82, 2.24) is 9.78 Å². The van der Waals surface area contributed by atoms with Gasteiger partial charge < -0.3 is 0 Å². The smallest absolute Gasteiger partial charge is 0.155 e. The average molecular weight is 243 g/mol. The Morgan fingerprint density at radius 3 is 2.25 bits per heavy atom. The Bertz CT molecular complexity index is 367. The number of hydrogen-bond donors (Lipinski definition) is 0. The van der Waals surface area contributed by atoms with Gasteiger partial charge in [0.1, 0.15) is 5.15 Å². The SMILES string of the molecule is CCC(CC)n1nc(C(C)C)c(C=O)c1Cl. The molecule has 16 heavy (non-hydrogen) atoms. The molecule has 0 N–H and O–H groups in total. The molecular formula is C12H19ClN2O. The summed E-state index contributed by atoms with van der Waals surface area (Å²) in [5, 5.41) is 4.95. The third-order valence-electron chi connectivity index (χ3n) is 2.87. The zero-order chi connectivity index (χ0) is 12.3. The molecule has 0 saturated carbocycles. The summed E-state index contributed by atoms with van der Waals surface area (Å²) in [6, 6.07) is 0.277. The Morgan fingerprint density at radius 1 is 1.38 bits per heavy atom. The maximum absolute atomic E-state index is 11.0. The molecule has 0 spiro atoms. The fraction of sp³-hybridized carbons (Fsp3) is 0.667. The van der Waals surface area contributed by atoms with Gasteiger partial charge in [-0.2, -0.15) is 5.10 Å². The zero-order valence-corrected chi connectivity index (χ0v) is 11.1. The monoisotopic (exact) mass is 242 g/mol. The highest BCUT2D eigenvalue weighted by Crippen LogP contribution is 2.28. The lowest BCUT2D eigenvalue weighted by Crippen LogP contribution is -2.09. The second-order valence-corrected chi connectivity index (χ2v) is 4.64. The fourth-order valence-electron chi connectivity index (χ4n) is 1.85. The van der Waals surface area contributed by atoms with E-state index in [2.05, 4.69) is 18.9 Å².